The van der Waals surface area contributed by atoms with Crippen LogP contribution in [0.15, 0.2) is 0 Å². The normalized spacial score (nSPS) is 1.50. The maximum absolute atomic E-state index is 6.00. The molecule has 0 aromatic carbocycles. The van der Waals surface area contributed by atoms with E-state index < -0.39 is 0 Å². The smallest absolute Gasteiger partial charge is 1.00 e. The molecule has 0 saturated carbocycles. The molecule has 0 radical (unpaired) electrons. The molecule has 0 spiro atoms. The molecule has 0 heterocycles. The zero-order valence-corrected chi connectivity index (χ0v) is 5.03. The monoisotopic (exact) mass is 112 g/mol. The van der Waals surface area contributed by atoms with Gasteiger partial charge in [-0.1, -0.05) is 0 Å². The van der Waals surface area contributed by atoms with Crippen LogP contribution in [0.5, 0.6) is 0 Å². The van der Waals surface area contributed by atoms with Gasteiger partial charge in [-0.05, 0) is 0 Å². The largest absolute Gasteiger partial charge is 2.00 e. The van der Waals surface area contributed by atoms with E-state index in [1.807, 2.05) is 0 Å². The summed E-state index contributed by atoms with van der Waals surface area (Å²) in [6.45, 7) is 0. The van der Waals surface area contributed by atoms with E-state index in [-0.39, 0.29) is 53.0 Å². The summed E-state index contributed by atoms with van der Waals surface area (Å²) in [6.07, 6.45) is 0. The Labute approximate surface area is 63.1 Å². The molecule has 26 valence electrons. The zero-order chi connectivity index (χ0) is 2.00. The summed E-state index contributed by atoms with van der Waals surface area (Å²) in [5.74, 6) is 0. The molecular formula is H5CaClO2. The quantitative estimate of drug-likeness (QED) is 0.269. The van der Waals surface area contributed by atoms with Crippen LogP contribution in [-0.2, 0) is 0 Å². The van der Waals surface area contributed by atoms with Crippen LogP contribution in [0.4, 0.5) is 0 Å². The SMILES string of the molecule is Cl.OO.[Ca+2].[H-].[H-]. The molecule has 0 fully saturated rings. The van der Waals surface area contributed by atoms with Crippen molar-refractivity contribution in [2.45, 2.75) is 0 Å². The molecule has 0 aliphatic rings. The molecule has 0 unspecified atom stereocenters. The van der Waals surface area contributed by atoms with E-state index in [2.05, 4.69) is 0 Å². The van der Waals surface area contributed by atoms with Crippen molar-refractivity contribution in [3.8, 4) is 0 Å². The fourth-order valence-corrected chi connectivity index (χ4v) is 0. The van der Waals surface area contributed by atoms with E-state index in [9.17, 15) is 0 Å². The molecule has 2 N–H and O–H groups in total. The second-order valence-corrected chi connectivity index (χ2v) is 0. The Kier molecular flexibility index (Phi) is 112. The maximum atomic E-state index is 6.00. The summed E-state index contributed by atoms with van der Waals surface area (Å²) in [5, 5.41) is 12.0. The third-order valence-electron chi connectivity index (χ3n) is 0. The van der Waals surface area contributed by atoms with Gasteiger partial charge in [-0.15, -0.1) is 12.4 Å². The van der Waals surface area contributed by atoms with Crippen molar-refractivity contribution in [3.63, 3.8) is 0 Å². The molecule has 0 aliphatic carbocycles. The van der Waals surface area contributed by atoms with Gasteiger partial charge in [-0.25, -0.2) is 0 Å². The van der Waals surface area contributed by atoms with Crippen LogP contribution in [0.25, 0.3) is 0 Å². The van der Waals surface area contributed by atoms with Crippen molar-refractivity contribution in [3.05, 3.63) is 0 Å². The van der Waals surface area contributed by atoms with Crippen LogP contribution in [0, 0.1) is 0 Å². The van der Waals surface area contributed by atoms with Crippen molar-refractivity contribution >= 4 is 50.1 Å². The number of hydrogen-bond acceptors (Lipinski definition) is 2. The first-order valence-corrected chi connectivity index (χ1v) is 0.200. The molecule has 0 aromatic heterocycles. The minimum absolute atomic E-state index is 0. The topological polar surface area (TPSA) is 40.5 Å². The Balaban J connectivity index is -0.000000000833. The van der Waals surface area contributed by atoms with E-state index in [1.54, 1.807) is 0 Å². The molecule has 0 atom stereocenters. The first-order valence-electron chi connectivity index (χ1n) is 0.200. The van der Waals surface area contributed by atoms with E-state index in [0.29, 0.717) is 0 Å². The number of halogens is 1. The Hall–Kier alpha value is 1.47. The van der Waals surface area contributed by atoms with Crippen molar-refractivity contribution in [1.82, 2.24) is 0 Å². The van der Waals surface area contributed by atoms with Crippen LogP contribution in [0.3, 0.4) is 0 Å². The molecule has 0 rings (SSSR count). The van der Waals surface area contributed by atoms with Crippen LogP contribution in [0.1, 0.15) is 2.85 Å². The van der Waals surface area contributed by atoms with Crippen LogP contribution in [-0.4, -0.2) is 48.3 Å². The van der Waals surface area contributed by atoms with E-state index >= 15 is 0 Å². The van der Waals surface area contributed by atoms with Gasteiger partial charge in [0.25, 0.3) is 0 Å². The summed E-state index contributed by atoms with van der Waals surface area (Å²) < 4.78 is 0. The van der Waals surface area contributed by atoms with Crippen molar-refractivity contribution in [2.75, 3.05) is 0 Å². The van der Waals surface area contributed by atoms with E-state index in [1.165, 1.54) is 0 Å². The number of rotatable bonds is 0. The molecule has 4 heavy (non-hydrogen) atoms. The van der Waals surface area contributed by atoms with Crippen LogP contribution < -0.4 is 0 Å². The van der Waals surface area contributed by atoms with Gasteiger partial charge in [0.1, 0.15) is 0 Å². The van der Waals surface area contributed by atoms with Gasteiger partial charge in [-0.3, -0.25) is 10.5 Å². The fourth-order valence-electron chi connectivity index (χ4n) is 0. The molecule has 0 amide bonds. The minimum Gasteiger partial charge on any atom is -1.00 e. The average Bonchev–Trinajstić information content (AvgIpc) is 1.00. The molecule has 0 aromatic rings. The molecule has 0 saturated heterocycles. The summed E-state index contributed by atoms with van der Waals surface area (Å²) in [4.78, 5) is 0. The predicted molar refractivity (Wildman–Crippen MR) is 20.5 cm³/mol. The molecule has 4 heteroatoms. The van der Waals surface area contributed by atoms with Crippen LogP contribution >= 0.6 is 12.4 Å². The van der Waals surface area contributed by atoms with Gasteiger partial charge < -0.3 is 2.85 Å². The first-order chi connectivity index (χ1) is 1.00. The van der Waals surface area contributed by atoms with Crippen LogP contribution in [0.2, 0.25) is 0 Å². The van der Waals surface area contributed by atoms with Gasteiger partial charge in [0.05, 0.1) is 0 Å². The predicted octanol–water partition coefficient (Wildman–Crippen LogP) is 0.283. The van der Waals surface area contributed by atoms with E-state index in [0.717, 1.165) is 0 Å². The fraction of sp³-hybridized carbons (Fsp3) is 0. The Morgan fingerprint density at radius 1 is 1.25 bits per heavy atom. The van der Waals surface area contributed by atoms with Crippen molar-refractivity contribution in [1.29, 1.82) is 0 Å². The maximum Gasteiger partial charge on any atom is 2.00 e. The standard InChI is InChI=1S/Ca.ClH.H2O2.2H/c;;1-2;;/h;1H;1-2H;;/q+2;;;2*-1. The average molecular weight is 113 g/mol. The second-order valence-electron chi connectivity index (χ2n) is 0. The summed E-state index contributed by atoms with van der Waals surface area (Å²) in [6, 6.07) is 0. The summed E-state index contributed by atoms with van der Waals surface area (Å²) >= 11 is 0. The van der Waals surface area contributed by atoms with Gasteiger partial charge in [0, 0.05) is 0 Å². The second kappa shape index (κ2) is 24.9. The molecule has 2 nitrogen and oxygen atoms in total. The third-order valence-corrected chi connectivity index (χ3v) is 0. The van der Waals surface area contributed by atoms with Crippen molar-refractivity contribution < 1.29 is 13.4 Å². The molecule has 0 bridgehead atoms. The Morgan fingerprint density at radius 3 is 1.25 bits per heavy atom. The molecular weight excluding hydrogens is 108 g/mol. The van der Waals surface area contributed by atoms with Gasteiger partial charge in [0.15, 0.2) is 0 Å². The summed E-state index contributed by atoms with van der Waals surface area (Å²) in [7, 11) is 0. The van der Waals surface area contributed by atoms with Gasteiger partial charge >= 0.3 is 37.7 Å². The third kappa shape index (κ3) is 9.80. The Bertz CT molecular complexity index is 11.5. The Morgan fingerprint density at radius 2 is 1.25 bits per heavy atom. The molecule has 0 aliphatic heterocycles. The summed E-state index contributed by atoms with van der Waals surface area (Å²) in [5.41, 5.74) is 0. The van der Waals surface area contributed by atoms with Crippen molar-refractivity contribution in [2.24, 2.45) is 0 Å². The zero-order valence-electron chi connectivity index (χ0n) is 4.01. The van der Waals surface area contributed by atoms with Gasteiger partial charge in [0.2, 0.25) is 0 Å². The van der Waals surface area contributed by atoms with Gasteiger partial charge in [-0.2, -0.15) is 0 Å². The minimum atomic E-state index is 0. The number of hydrogen-bond donors (Lipinski definition) is 2. The van der Waals surface area contributed by atoms with E-state index in [4.69, 9.17) is 10.5 Å². The first kappa shape index (κ1) is 17.9.